The van der Waals surface area contributed by atoms with Crippen LogP contribution in [0.15, 0.2) is 24.3 Å². The van der Waals surface area contributed by atoms with E-state index in [4.69, 9.17) is 19.3 Å². The SMILES string of the molecule is O=C(O)c1ccccc1OCCCOC1COC1. The molecule has 0 aromatic heterocycles. The van der Waals surface area contributed by atoms with Crippen LogP contribution < -0.4 is 4.74 Å². The molecule has 0 saturated carbocycles. The van der Waals surface area contributed by atoms with E-state index >= 15 is 0 Å². The van der Waals surface area contributed by atoms with Crippen LogP contribution in [-0.4, -0.2) is 43.6 Å². The molecule has 98 valence electrons. The van der Waals surface area contributed by atoms with Crippen LogP contribution in [-0.2, 0) is 9.47 Å². The van der Waals surface area contributed by atoms with Gasteiger partial charge in [-0.25, -0.2) is 4.79 Å². The summed E-state index contributed by atoms with van der Waals surface area (Å²) in [6.07, 6.45) is 0.945. The molecule has 1 fully saturated rings. The first kappa shape index (κ1) is 12.9. The summed E-state index contributed by atoms with van der Waals surface area (Å²) in [5.74, 6) is -0.578. The van der Waals surface area contributed by atoms with Gasteiger partial charge in [0.2, 0.25) is 0 Å². The number of hydrogen-bond acceptors (Lipinski definition) is 4. The lowest BCUT2D eigenvalue weighted by molar-refractivity contribution is -0.130. The number of hydrogen-bond donors (Lipinski definition) is 1. The minimum absolute atomic E-state index is 0.186. The largest absolute Gasteiger partial charge is 0.493 e. The lowest BCUT2D eigenvalue weighted by Gasteiger charge is -2.25. The second kappa shape index (κ2) is 6.37. The molecule has 0 amide bonds. The van der Waals surface area contributed by atoms with Gasteiger partial charge in [-0.1, -0.05) is 12.1 Å². The Morgan fingerprint density at radius 1 is 1.33 bits per heavy atom. The monoisotopic (exact) mass is 252 g/mol. The second-order valence-electron chi connectivity index (χ2n) is 4.03. The molecule has 0 unspecified atom stereocenters. The average molecular weight is 252 g/mol. The van der Waals surface area contributed by atoms with E-state index in [1.54, 1.807) is 18.2 Å². The van der Waals surface area contributed by atoms with Crippen LogP contribution in [0.5, 0.6) is 5.75 Å². The van der Waals surface area contributed by atoms with Crippen molar-refractivity contribution in [3.63, 3.8) is 0 Å². The van der Waals surface area contributed by atoms with Gasteiger partial charge < -0.3 is 19.3 Å². The van der Waals surface area contributed by atoms with E-state index in [1.807, 2.05) is 0 Å². The molecule has 1 aliphatic heterocycles. The van der Waals surface area contributed by atoms with Crippen molar-refractivity contribution in [1.82, 2.24) is 0 Å². The molecule has 1 aliphatic rings. The van der Waals surface area contributed by atoms with E-state index in [2.05, 4.69) is 0 Å². The predicted molar refractivity (Wildman–Crippen MR) is 64.1 cm³/mol. The van der Waals surface area contributed by atoms with Crippen molar-refractivity contribution in [2.24, 2.45) is 0 Å². The van der Waals surface area contributed by atoms with Gasteiger partial charge in [-0.3, -0.25) is 0 Å². The van der Waals surface area contributed by atoms with Gasteiger partial charge in [0, 0.05) is 6.42 Å². The first-order valence-corrected chi connectivity index (χ1v) is 5.92. The molecular weight excluding hydrogens is 236 g/mol. The third-order valence-electron chi connectivity index (χ3n) is 2.62. The summed E-state index contributed by atoms with van der Waals surface area (Å²) < 4.78 is 15.9. The number of aromatic carboxylic acids is 1. The maximum Gasteiger partial charge on any atom is 0.339 e. The van der Waals surface area contributed by atoms with Crippen molar-refractivity contribution in [1.29, 1.82) is 0 Å². The lowest BCUT2D eigenvalue weighted by Crippen LogP contribution is -2.36. The first-order valence-electron chi connectivity index (χ1n) is 5.92. The summed E-state index contributed by atoms with van der Waals surface area (Å²) in [5, 5.41) is 8.96. The maximum atomic E-state index is 10.9. The molecule has 5 nitrogen and oxygen atoms in total. The topological polar surface area (TPSA) is 65.0 Å². The van der Waals surface area contributed by atoms with E-state index in [0.717, 1.165) is 6.42 Å². The van der Waals surface area contributed by atoms with Crippen LogP contribution in [0.1, 0.15) is 16.8 Å². The Bertz CT molecular complexity index is 400. The predicted octanol–water partition coefficient (Wildman–Crippen LogP) is 1.57. The van der Waals surface area contributed by atoms with Gasteiger partial charge in [0.05, 0.1) is 26.4 Å². The Balaban J connectivity index is 1.70. The summed E-state index contributed by atoms with van der Waals surface area (Å²) in [6, 6.07) is 6.62. The zero-order valence-corrected chi connectivity index (χ0v) is 10.0. The Labute approximate surface area is 105 Å². The molecule has 2 rings (SSSR count). The third-order valence-corrected chi connectivity index (χ3v) is 2.62. The molecule has 1 aromatic carbocycles. The van der Waals surface area contributed by atoms with Crippen molar-refractivity contribution in [2.45, 2.75) is 12.5 Å². The van der Waals surface area contributed by atoms with Crippen LogP contribution in [0.2, 0.25) is 0 Å². The van der Waals surface area contributed by atoms with Gasteiger partial charge in [-0.15, -0.1) is 0 Å². The van der Waals surface area contributed by atoms with Gasteiger partial charge in [0.15, 0.2) is 0 Å². The fourth-order valence-electron chi connectivity index (χ4n) is 1.57. The summed E-state index contributed by atoms with van der Waals surface area (Å²) in [7, 11) is 0. The number of carbonyl (C=O) groups is 1. The highest BCUT2D eigenvalue weighted by atomic mass is 16.6. The van der Waals surface area contributed by atoms with Gasteiger partial charge in [-0.2, -0.15) is 0 Å². The Hall–Kier alpha value is -1.59. The molecular formula is C13H16O5. The summed E-state index contributed by atoms with van der Waals surface area (Å²) >= 11 is 0. The number of para-hydroxylation sites is 1. The summed E-state index contributed by atoms with van der Waals surface area (Å²) in [6.45, 7) is 2.38. The van der Waals surface area contributed by atoms with Gasteiger partial charge >= 0.3 is 5.97 Å². The standard InChI is InChI=1S/C13H16O5/c14-13(15)11-4-1-2-5-12(11)18-7-3-6-17-10-8-16-9-10/h1-2,4-5,10H,3,6-9H2,(H,14,15). The van der Waals surface area contributed by atoms with E-state index in [9.17, 15) is 4.79 Å². The van der Waals surface area contributed by atoms with Crippen LogP contribution in [0, 0.1) is 0 Å². The quantitative estimate of drug-likeness (QED) is 0.746. The molecule has 0 radical (unpaired) electrons. The third kappa shape index (κ3) is 3.45. The molecule has 1 N–H and O–H groups in total. The molecule has 1 saturated heterocycles. The van der Waals surface area contributed by atoms with Gasteiger partial charge in [0.1, 0.15) is 17.4 Å². The van der Waals surface area contributed by atoms with Crippen molar-refractivity contribution < 1.29 is 24.1 Å². The molecule has 0 atom stereocenters. The van der Waals surface area contributed by atoms with E-state index < -0.39 is 5.97 Å². The van der Waals surface area contributed by atoms with Gasteiger partial charge in [0.25, 0.3) is 0 Å². The zero-order chi connectivity index (χ0) is 12.8. The highest BCUT2D eigenvalue weighted by molar-refractivity contribution is 5.90. The summed E-state index contributed by atoms with van der Waals surface area (Å²) in [4.78, 5) is 10.9. The number of benzene rings is 1. The Morgan fingerprint density at radius 2 is 2.11 bits per heavy atom. The molecule has 1 aromatic rings. The molecule has 0 bridgehead atoms. The van der Waals surface area contributed by atoms with E-state index in [0.29, 0.717) is 32.2 Å². The molecule has 18 heavy (non-hydrogen) atoms. The van der Waals surface area contributed by atoms with Crippen molar-refractivity contribution in [2.75, 3.05) is 26.4 Å². The number of ether oxygens (including phenoxy) is 3. The minimum Gasteiger partial charge on any atom is -0.493 e. The smallest absolute Gasteiger partial charge is 0.339 e. The second-order valence-corrected chi connectivity index (χ2v) is 4.03. The van der Waals surface area contributed by atoms with E-state index in [1.165, 1.54) is 6.07 Å². The van der Waals surface area contributed by atoms with Gasteiger partial charge in [-0.05, 0) is 12.1 Å². The zero-order valence-electron chi connectivity index (χ0n) is 10.0. The van der Waals surface area contributed by atoms with Crippen LogP contribution in [0.4, 0.5) is 0 Å². The van der Waals surface area contributed by atoms with Crippen molar-refractivity contribution >= 4 is 5.97 Å². The van der Waals surface area contributed by atoms with Crippen LogP contribution in [0.25, 0.3) is 0 Å². The fraction of sp³-hybridized carbons (Fsp3) is 0.462. The normalized spacial score (nSPS) is 15.1. The minimum atomic E-state index is -0.978. The highest BCUT2D eigenvalue weighted by Gasteiger charge is 2.18. The molecule has 0 spiro atoms. The lowest BCUT2D eigenvalue weighted by atomic mass is 10.2. The molecule has 0 aliphatic carbocycles. The van der Waals surface area contributed by atoms with Crippen molar-refractivity contribution in [3.05, 3.63) is 29.8 Å². The van der Waals surface area contributed by atoms with Crippen LogP contribution >= 0.6 is 0 Å². The fourth-order valence-corrected chi connectivity index (χ4v) is 1.57. The van der Waals surface area contributed by atoms with Crippen LogP contribution in [0.3, 0.4) is 0 Å². The average Bonchev–Trinajstić information content (AvgIpc) is 2.31. The Morgan fingerprint density at radius 3 is 2.78 bits per heavy atom. The molecule has 5 heteroatoms. The van der Waals surface area contributed by atoms with E-state index in [-0.39, 0.29) is 11.7 Å². The Kier molecular flexibility index (Phi) is 4.55. The number of carboxylic acid groups (broad SMARTS) is 1. The molecule has 1 heterocycles. The number of rotatable bonds is 7. The first-order chi connectivity index (χ1) is 8.77. The number of carboxylic acids is 1. The summed E-state index contributed by atoms with van der Waals surface area (Å²) in [5.41, 5.74) is 0.186. The maximum absolute atomic E-state index is 10.9. The highest BCUT2D eigenvalue weighted by Crippen LogP contribution is 2.17. The van der Waals surface area contributed by atoms with Crippen molar-refractivity contribution in [3.8, 4) is 5.75 Å².